The van der Waals surface area contributed by atoms with Crippen LogP contribution in [-0.2, 0) is 4.79 Å². The van der Waals surface area contributed by atoms with E-state index in [2.05, 4.69) is 20.3 Å². The molecule has 7 nitrogen and oxygen atoms in total. The Labute approximate surface area is 164 Å². The Kier molecular flexibility index (Phi) is 4.83. The molecule has 2 aromatic rings. The molecule has 2 amide bonds. The van der Waals surface area contributed by atoms with E-state index in [1.807, 2.05) is 13.8 Å². The normalized spacial score (nSPS) is 24.6. The first-order chi connectivity index (χ1) is 13.5. The van der Waals surface area contributed by atoms with Gasteiger partial charge in [-0.15, -0.1) is 0 Å². The number of aromatic nitrogens is 3. The van der Waals surface area contributed by atoms with Gasteiger partial charge in [-0.2, -0.15) is 0 Å². The van der Waals surface area contributed by atoms with Crippen LogP contribution in [0.2, 0.25) is 0 Å². The second-order valence-electron chi connectivity index (χ2n) is 7.90. The molecular formula is C21H25N5O2. The van der Waals surface area contributed by atoms with E-state index in [1.54, 1.807) is 35.5 Å². The van der Waals surface area contributed by atoms with E-state index >= 15 is 0 Å². The lowest BCUT2D eigenvalue weighted by molar-refractivity contribution is -0.127. The Hall–Kier alpha value is -2.83. The number of rotatable bonds is 3. The Morgan fingerprint density at radius 1 is 1.21 bits per heavy atom. The second kappa shape index (κ2) is 7.30. The molecule has 0 bridgehead atoms. The third-order valence-electron chi connectivity index (χ3n) is 5.89. The highest BCUT2D eigenvalue weighted by Crippen LogP contribution is 2.45. The van der Waals surface area contributed by atoms with Crippen molar-refractivity contribution in [2.75, 3.05) is 11.4 Å². The van der Waals surface area contributed by atoms with Crippen molar-refractivity contribution in [2.45, 2.75) is 52.0 Å². The Morgan fingerprint density at radius 3 is 2.82 bits per heavy atom. The number of hydrogen-bond donors (Lipinski definition) is 1. The van der Waals surface area contributed by atoms with Gasteiger partial charge in [0, 0.05) is 36.2 Å². The summed E-state index contributed by atoms with van der Waals surface area (Å²) in [4.78, 5) is 40.4. The summed E-state index contributed by atoms with van der Waals surface area (Å²) in [5.74, 6) is 1.37. The summed E-state index contributed by atoms with van der Waals surface area (Å²) in [6.07, 6.45) is 7.52. The maximum absolute atomic E-state index is 13.3. The van der Waals surface area contributed by atoms with E-state index in [1.165, 1.54) is 0 Å². The molecule has 0 unspecified atom stereocenters. The fraction of sp³-hybridized carbons (Fsp3) is 0.476. The number of amides is 2. The molecule has 28 heavy (non-hydrogen) atoms. The van der Waals surface area contributed by atoms with E-state index in [0.29, 0.717) is 30.2 Å². The summed E-state index contributed by atoms with van der Waals surface area (Å²) >= 11 is 0. The number of pyridine rings is 1. The van der Waals surface area contributed by atoms with Crippen LogP contribution >= 0.6 is 0 Å². The number of carbonyl (C=O) groups excluding carboxylic acids is 2. The molecule has 1 spiro atoms. The topological polar surface area (TPSA) is 88.1 Å². The van der Waals surface area contributed by atoms with Crippen LogP contribution in [0.1, 0.15) is 54.0 Å². The summed E-state index contributed by atoms with van der Waals surface area (Å²) in [6, 6.07) is 5.30. The number of carbonyl (C=O) groups is 2. The van der Waals surface area contributed by atoms with Crippen molar-refractivity contribution >= 4 is 17.6 Å². The van der Waals surface area contributed by atoms with Gasteiger partial charge in [-0.05, 0) is 57.7 Å². The molecule has 1 saturated carbocycles. The zero-order valence-corrected chi connectivity index (χ0v) is 16.3. The average molecular weight is 379 g/mol. The summed E-state index contributed by atoms with van der Waals surface area (Å²) in [5.41, 5.74) is 1.03. The Bertz CT molecular complexity index is 915. The average Bonchev–Trinajstić information content (AvgIpc) is 2.97. The van der Waals surface area contributed by atoms with Crippen molar-refractivity contribution in [3.63, 3.8) is 0 Å². The van der Waals surface area contributed by atoms with Gasteiger partial charge in [0.05, 0.1) is 5.41 Å². The molecule has 2 aliphatic rings. The molecule has 7 heteroatoms. The molecule has 0 aromatic carbocycles. The molecule has 2 atom stereocenters. The first-order valence-electron chi connectivity index (χ1n) is 9.82. The van der Waals surface area contributed by atoms with Crippen LogP contribution in [0, 0.1) is 19.3 Å². The standard InChI is InChI=1S/C21H25N5O2/c1-14-12-16(5-9-22-14)19(27)25-17-4-3-7-21(13-17)8-11-26(20(21)28)18-6-10-23-15(2)24-18/h5-6,9-10,12,17H,3-4,7-8,11,13H2,1-2H3,(H,25,27)/t17-,21-/m0/s1. The molecular weight excluding hydrogens is 354 g/mol. The highest BCUT2D eigenvalue weighted by molar-refractivity contribution is 5.99. The molecule has 146 valence electrons. The minimum atomic E-state index is -0.400. The largest absolute Gasteiger partial charge is 0.349 e. The number of anilines is 1. The molecule has 1 aliphatic carbocycles. The van der Waals surface area contributed by atoms with Gasteiger partial charge in [0.2, 0.25) is 5.91 Å². The fourth-order valence-corrected chi connectivity index (χ4v) is 4.50. The Balaban J connectivity index is 1.47. The van der Waals surface area contributed by atoms with Gasteiger partial charge in [0.1, 0.15) is 11.6 Å². The van der Waals surface area contributed by atoms with E-state index in [0.717, 1.165) is 31.4 Å². The van der Waals surface area contributed by atoms with Crippen LogP contribution in [0.15, 0.2) is 30.6 Å². The smallest absolute Gasteiger partial charge is 0.251 e. The summed E-state index contributed by atoms with van der Waals surface area (Å²) in [7, 11) is 0. The fourth-order valence-electron chi connectivity index (χ4n) is 4.50. The molecule has 3 heterocycles. The summed E-state index contributed by atoms with van der Waals surface area (Å²) in [5, 5.41) is 3.13. The van der Waals surface area contributed by atoms with Crippen LogP contribution in [0.3, 0.4) is 0 Å². The van der Waals surface area contributed by atoms with Gasteiger partial charge >= 0.3 is 0 Å². The first kappa shape index (κ1) is 18.5. The number of aryl methyl sites for hydroxylation is 2. The molecule has 4 rings (SSSR count). The highest BCUT2D eigenvalue weighted by atomic mass is 16.2. The van der Waals surface area contributed by atoms with Crippen molar-refractivity contribution in [3.05, 3.63) is 47.7 Å². The minimum Gasteiger partial charge on any atom is -0.349 e. The van der Waals surface area contributed by atoms with Crippen molar-refractivity contribution in [1.82, 2.24) is 20.3 Å². The molecule has 1 N–H and O–H groups in total. The molecule has 1 saturated heterocycles. The first-order valence-corrected chi connectivity index (χ1v) is 9.82. The Morgan fingerprint density at radius 2 is 2.04 bits per heavy atom. The monoisotopic (exact) mass is 379 g/mol. The quantitative estimate of drug-likeness (QED) is 0.886. The van der Waals surface area contributed by atoms with Crippen LogP contribution in [0.4, 0.5) is 5.82 Å². The molecule has 2 aromatic heterocycles. The van der Waals surface area contributed by atoms with Crippen molar-refractivity contribution < 1.29 is 9.59 Å². The predicted octanol–water partition coefficient (Wildman–Crippen LogP) is 2.58. The SMILES string of the molecule is Cc1cc(C(=O)N[C@H]2CCC[C@]3(CCN(c4ccnc(C)n4)C3=O)C2)ccn1. The second-order valence-corrected chi connectivity index (χ2v) is 7.90. The van der Waals surface area contributed by atoms with Crippen LogP contribution in [0.25, 0.3) is 0 Å². The number of nitrogens with one attached hydrogen (secondary N) is 1. The van der Waals surface area contributed by atoms with Crippen LogP contribution < -0.4 is 10.2 Å². The van der Waals surface area contributed by atoms with Crippen LogP contribution in [0.5, 0.6) is 0 Å². The van der Waals surface area contributed by atoms with Gasteiger partial charge in [0.25, 0.3) is 5.91 Å². The molecule has 0 radical (unpaired) electrons. The lowest BCUT2D eigenvalue weighted by Crippen LogP contribution is -2.46. The van der Waals surface area contributed by atoms with E-state index in [4.69, 9.17) is 0 Å². The maximum Gasteiger partial charge on any atom is 0.251 e. The van der Waals surface area contributed by atoms with Gasteiger partial charge in [-0.1, -0.05) is 6.42 Å². The maximum atomic E-state index is 13.3. The van der Waals surface area contributed by atoms with Crippen molar-refractivity contribution in [2.24, 2.45) is 5.41 Å². The van der Waals surface area contributed by atoms with Gasteiger partial charge in [-0.3, -0.25) is 19.5 Å². The lowest BCUT2D eigenvalue weighted by atomic mass is 9.71. The van der Waals surface area contributed by atoms with E-state index in [9.17, 15) is 9.59 Å². The van der Waals surface area contributed by atoms with E-state index < -0.39 is 5.41 Å². The van der Waals surface area contributed by atoms with Crippen molar-refractivity contribution in [3.8, 4) is 0 Å². The summed E-state index contributed by atoms with van der Waals surface area (Å²) < 4.78 is 0. The van der Waals surface area contributed by atoms with Gasteiger partial charge < -0.3 is 5.32 Å². The minimum absolute atomic E-state index is 0.00533. The summed E-state index contributed by atoms with van der Waals surface area (Å²) in [6.45, 7) is 4.36. The zero-order valence-electron chi connectivity index (χ0n) is 16.3. The van der Waals surface area contributed by atoms with Crippen molar-refractivity contribution in [1.29, 1.82) is 0 Å². The lowest BCUT2D eigenvalue weighted by Gasteiger charge is -2.36. The van der Waals surface area contributed by atoms with Gasteiger partial charge in [-0.25, -0.2) is 9.97 Å². The third-order valence-corrected chi connectivity index (χ3v) is 5.89. The van der Waals surface area contributed by atoms with Gasteiger partial charge in [0.15, 0.2) is 0 Å². The number of hydrogen-bond acceptors (Lipinski definition) is 5. The van der Waals surface area contributed by atoms with E-state index in [-0.39, 0.29) is 17.9 Å². The number of nitrogens with zero attached hydrogens (tertiary/aromatic N) is 4. The zero-order chi connectivity index (χ0) is 19.7. The molecule has 1 aliphatic heterocycles. The molecule has 2 fully saturated rings. The predicted molar refractivity (Wildman–Crippen MR) is 105 cm³/mol. The highest BCUT2D eigenvalue weighted by Gasteiger charge is 2.50. The third kappa shape index (κ3) is 3.48. The van der Waals surface area contributed by atoms with Crippen LogP contribution in [-0.4, -0.2) is 39.4 Å².